The van der Waals surface area contributed by atoms with Gasteiger partial charge in [-0.1, -0.05) is 32.1 Å². The number of hydrogen-bond acceptors (Lipinski definition) is 4. The maximum absolute atomic E-state index is 11.4. The smallest absolute Gasteiger partial charge is 0.221 e. The summed E-state index contributed by atoms with van der Waals surface area (Å²) in [4.78, 5) is 14.1. The molecule has 1 saturated carbocycles. The summed E-state index contributed by atoms with van der Waals surface area (Å²) in [5, 5.41) is 2.93. The Balaban J connectivity index is 1.70. The van der Waals surface area contributed by atoms with Gasteiger partial charge in [-0.25, -0.2) is 0 Å². The summed E-state index contributed by atoms with van der Waals surface area (Å²) in [6, 6.07) is 0.749. The number of amides is 1. The molecule has 22 heavy (non-hydrogen) atoms. The van der Waals surface area contributed by atoms with Crippen molar-refractivity contribution in [2.75, 3.05) is 32.8 Å². The minimum atomic E-state index is 0.0511. The molecule has 0 aromatic carbocycles. The van der Waals surface area contributed by atoms with Crippen LogP contribution in [0.25, 0.3) is 0 Å². The highest BCUT2D eigenvalue weighted by Gasteiger charge is 2.26. The predicted octanol–water partition coefficient (Wildman–Crippen LogP) is 1.66. The topological polar surface area (TPSA) is 67.6 Å². The van der Waals surface area contributed by atoms with Gasteiger partial charge in [-0.15, -0.1) is 0 Å². The van der Waals surface area contributed by atoms with Crippen LogP contribution in [0.1, 0.15) is 57.8 Å². The fourth-order valence-electron chi connectivity index (χ4n) is 3.64. The van der Waals surface area contributed by atoms with Gasteiger partial charge >= 0.3 is 0 Å². The molecule has 1 aliphatic carbocycles. The molecule has 0 bridgehead atoms. The van der Waals surface area contributed by atoms with Crippen LogP contribution in [0.4, 0.5) is 0 Å². The van der Waals surface area contributed by atoms with Crippen molar-refractivity contribution in [3.05, 3.63) is 0 Å². The molecule has 1 saturated heterocycles. The van der Waals surface area contributed by atoms with E-state index in [9.17, 15) is 4.79 Å². The van der Waals surface area contributed by atoms with Crippen molar-refractivity contribution in [1.82, 2.24) is 10.2 Å². The second kappa shape index (κ2) is 10.2. The van der Waals surface area contributed by atoms with E-state index in [1.165, 1.54) is 44.9 Å². The van der Waals surface area contributed by atoms with E-state index in [2.05, 4.69) is 10.2 Å². The third kappa shape index (κ3) is 6.23. The molecular weight excluding hydrogens is 278 g/mol. The number of nitrogens with two attached hydrogens (primary N) is 1. The first-order valence-electron chi connectivity index (χ1n) is 9.12. The van der Waals surface area contributed by atoms with Crippen LogP contribution in [-0.2, 0) is 9.53 Å². The summed E-state index contributed by atoms with van der Waals surface area (Å²) in [6.07, 6.45) is 11.2. The summed E-state index contributed by atoms with van der Waals surface area (Å²) < 4.78 is 5.88. The molecule has 3 N–H and O–H groups in total. The molecule has 0 aromatic rings. The van der Waals surface area contributed by atoms with Gasteiger partial charge in [0.15, 0.2) is 0 Å². The first-order chi connectivity index (χ1) is 10.8. The number of rotatable bonds is 6. The van der Waals surface area contributed by atoms with Crippen LogP contribution in [0.3, 0.4) is 0 Å². The van der Waals surface area contributed by atoms with Gasteiger partial charge in [0.05, 0.1) is 12.7 Å². The van der Waals surface area contributed by atoms with Crippen LogP contribution in [0, 0.1) is 0 Å². The van der Waals surface area contributed by atoms with Crippen molar-refractivity contribution >= 4 is 5.91 Å². The Morgan fingerprint density at radius 1 is 1.18 bits per heavy atom. The normalized spacial score (nSPS) is 25.4. The van der Waals surface area contributed by atoms with Crippen LogP contribution in [0.2, 0.25) is 0 Å². The Morgan fingerprint density at radius 2 is 1.91 bits per heavy atom. The fourth-order valence-corrected chi connectivity index (χ4v) is 3.64. The van der Waals surface area contributed by atoms with Crippen molar-refractivity contribution in [2.45, 2.75) is 69.9 Å². The number of ether oxygens (including phenoxy) is 1. The molecule has 1 aliphatic heterocycles. The Morgan fingerprint density at radius 3 is 2.64 bits per heavy atom. The zero-order chi connectivity index (χ0) is 15.6. The number of nitrogens with zero attached hydrogens (tertiary/aromatic N) is 1. The minimum Gasteiger partial charge on any atom is -0.375 e. The first kappa shape index (κ1) is 17.7. The zero-order valence-corrected chi connectivity index (χ0v) is 13.9. The second-order valence-corrected chi connectivity index (χ2v) is 6.66. The molecule has 1 amide bonds. The largest absolute Gasteiger partial charge is 0.375 e. The van der Waals surface area contributed by atoms with Gasteiger partial charge < -0.3 is 15.8 Å². The molecule has 128 valence electrons. The Hall–Kier alpha value is -0.650. The van der Waals surface area contributed by atoms with E-state index < -0.39 is 0 Å². The van der Waals surface area contributed by atoms with Crippen molar-refractivity contribution in [3.63, 3.8) is 0 Å². The molecule has 0 unspecified atom stereocenters. The quantitative estimate of drug-likeness (QED) is 0.783. The van der Waals surface area contributed by atoms with Gasteiger partial charge in [-0.05, 0) is 19.3 Å². The summed E-state index contributed by atoms with van der Waals surface area (Å²) in [5.74, 6) is 0.0511. The highest BCUT2D eigenvalue weighted by atomic mass is 16.5. The van der Waals surface area contributed by atoms with E-state index in [0.29, 0.717) is 19.5 Å². The lowest BCUT2D eigenvalue weighted by Crippen LogP contribution is -2.48. The monoisotopic (exact) mass is 311 g/mol. The molecule has 5 heteroatoms. The molecule has 0 aromatic heterocycles. The molecule has 0 radical (unpaired) electrons. The molecular formula is C17H33N3O2. The minimum absolute atomic E-state index is 0.0511. The lowest BCUT2D eigenvalue weighted by atomic mass is 9.95. The van der Waals surface area contributed by atoms with Crippen LogP contribution in [0.5, 0.6) is 0 Å². The van der Waals surface area contributed by atoms with Gasteiger partial charge in [0.25, 0.3) is 0 Å². The summed E-state index contributed by atoms with van der Waals surface area (Å²) in [7, 11) is 0. The Labute approximate surface area is 134 Å². The van der Waals surface area contributed by atoms with Gasteiger partial charge in [-0.2, -0.15) is 0 Å². The van der Waals surface area contributed by atoms with E-state index in [1.807, 2.05) is 0 Å². The van der Waals surface area contributed by atoms with Crippen LogP contribution >= 0.6 is 0 Å². The molecule has 0 spiro atoms. The number of morpholine rings is 1. The van der Waals surface area contributed by atoms with E-state index in [0.717, 1.165) is 32.2 Å². The van der Waals surface area contributed by atoms with Crippen LogP contribution < -0.4 is 11.1 Å². The third-order valence-corrected chi connectivity index (χ3v) is 4.92. The molecule has 2 aliphatic rings. The van der Waals surface area contributed by atoms with Gasteiger partial charge in [0, 0.05) is 38.6 Å². The molecule has 1 atom stereocenters. The standard InChI is InChI=1S/C17H33N3O2/c18-10-8-17(21)19-11-9-16-14-20(12-13-22-16)15-6-4-2-1-3-5-7-15/h15-16H,1-14,18H2,(H,19,21)/t16-/m1/s1. The zero-order valence-electron chi connectivity index (χ0n) is 13.9. The number of carbonyl (C=O) groups is 1. The maximum Gasteiger partial charge on any atom is 0.221 e. The van der Waals surface area contributed by atoms with Crippen molar-refractivity contribution in [2.24, 2.45) is 5.73 Å². The van der Waals surface area contributed by atoms with Crippen molar-refractivity contribution < 1.29 is 9.53 Å². The average Bonchev–Trinajstić information content (AvgIpc) is 2.47. The number of hydrogen-bond donors (Lipinski definition) is 2. The second-order valence-electron chi connectivity index (χ2n) is 6.66. The SMILES string of the molecule is NCCC(=O)NCC[C@@H]1CN(C2CCCCCCC2)CCO1. The molecule has 2 rings (SSSR count). The molecule has 2 fully saturated rings. The van der Waals surface area contributed by atoms with E-state index in [-0.39, 0.29) is 12.0 Å². The lowest BCUT2D eigenvalue weighted by molar-refractivity contribution is -0.121. The van der Waals surface area contributed by atoms with Gasteiger partial charge in [0.1, 0.15) is 0 Å². The number of nitrogens with one attached hydrogen (secondary N) is 1. The summed E-state index contributed by atoms with van der Waals surface area (Å²) in [6.45, 7) is 4.04. The average molecular weight is 311 g/mol. The number of carbonyl (C=O) groups excluding carboxylic acids is 1. The summed E-state index contributed by atoms with van der Waals surface area (Å²) >= 11 is 0. The van der Waals surface area contributed by atoms with E-state index in [4.69, 9.17) is 10.5 Å². The van der Waals surface area contributed by atoms with Gasteiger partial charge in [0.2, 0.25) is 5.91 Å². The van der Waals surface area contributed by atoms with Crippen molar-refractivity contribution in [1.29, 1.82) is 0 Å². The van der Waals surface area contributed by atoms with Crippen LogP contribution in [-0.4, -0.2) is 55.7 Å². The Bertz CT molecular complexity index is 317. The van der Waals surface area contributed by atoms with Gasteiger partial charge in [-0.3, -0.25) is 9.69 Å². The first-order valence-corrected chi connectivity index (χ1v) is 9.12. The lowest BCUT2D eigenvalue weighted by Gasteiger charge is -2.39. The predicted molar refractivity (Wildman–Crippen MR) is 88.7 cm³/mol. The molecule has 1 heterocycles. The fraction of sp³-hybridized carbons (Fsp3) is 0.941. The van der Waals surface area contributed by atoms with E-state index in [1.54, 1.807) is 0 Å². The van der Waals surface area contributed by atoms with Crippen molar-refractivity contribution in [3.8, 4) is 0 Å². The molecule has 5 nitrogen and oxygen atoms in total. The maximum atomic E-state index is 11.4. The Kier molecular flexibility index (Phi) is 8.20. The highest BCUT2D eigenvalue weighted by Crippen LogP contribution is 2.23. The third-order valence-electron chi connectivity index (χ3n) is 4.92. The highest BCUT2D eigenvalue weighted by molar-refractivity contribution is 5.75. The van der Waals surface area contributed by atoms with E-state index >= 15 is 0 Å². The summed E-state index contributed by atoms with van der Waals surface area (Å²) in [5.41, 5.74) is 5.38. The van der Waals surface area contributed by atoms with Crippen LogP contribution in [0.15, 0.2) is 0 Å².